The summed E-state index contributed by atoms with van der Waals surface area (Å²) in [4.78, 5) is 0. The minimum atomic E-state index is 0.358. The predicted octanol–water partition coefficient (Wildman–Crippen LogP) is 1.40. The van der Waals surface area contributed by atoms with Crippen LogP contribution in [0.4, 0.5) is 0 Å². The van der Waals surface area contributed by atoms with Gasteiger partial charge >= 0.3 is 0 Å². The Morgan fingerprint density at radius 1 is 1.14 bits per heavy atom. The Bertz CT molecular complexity index is 226. The van der Waals surface area contributed by atoms with Gasteiger partial charge in [0.1, 0.15) is 6.79 Å². The lowest BCUT2D eigenvalue weighted by atomic mass is 10.2. The molecule has 0 radical (unpaired) electrons. The van der Waals surface area contributed by atoms with Gasteiger partial charge in [0.15, 0.2) is 0 Å². The van der Waals surface area contributed by atoms with E-state index in [0.29, 0.717) is 20.0 Å². The Kier molecular flexibility index (Phi) is 5.99. The standard InChI is InChI=1S/C11H17NO2/c1-12-7-8-13-10-14-9-11-5-3-2-4-6-11/h2-6,12H,7-10H2,1H3. The number of likely N-dealkylation sites (N-methyl/N-ethyl adjacent to an activating group) is 1. The van der Waals surface area contributed by atoms with Crippen molar-refractivity contribution in [3.63, 3.8) is 0 Å². The van der Waals surface area contributed by atoms with Crippen molar-refractivity contribution in [3.8, 4) is 0 Å². The molecule has 0 atom stereocenters. The SMILES string of the molecule is CNCCOCOCc1ccccc1. The number of hydrogen-bond acceptors (Lipinski definition) is 3. The second-order valence-corrected chi connectivity index (χ2v) is 2.96. The summed E-state index contributed by atoms with van der Waals surface area (Å²) in [5.74, 6) is 0. The quantitative estimate of drug-likeness (QED) is 0.527. The van der Waals surface area contributed by atoms with Crippen molar-refractivity contribution in [3.05, 3.63) is 35.9 Å². The molecule has 14 heavy (non-hydrogen) atoms. The fourth-order valence-corrected chi connectivity index (χ4v) is 1.03. The van der Waals surface area contributed by atoms with E-state index in [1.165, 1.54) is 5.56 Å². The molecule has 0 aromatic heterocycles. The molecule has 3 heteroatoms. The van der Waals surface area contributed by atoms with Crippen molar-refractivity contribution in [2.24, 2.45) is 0 Å². The van der Waals surface area contributed by atoms with Crippen LogP contribution in [-0.4, -0.2) is 27.0 Å². The molecule has 1 aromatic rings. The van der Waals surface area contributed by atoms with Crippen molar-refractivity contribution in [2.45, 2.75) is 6.61 Å². The molecule has 1 rings (SSSR count). The molecule has 0 saturated carbocycles. The molecule has 78 valence electrons. The van der Waals surface area contributed by atoms with Gasteiger partial charge in [-0.1, -0.05) is 30.3 Å². The summed E-state index contributed by atoms with van der Waals surface area (Å²) >= 11 is 0. The van der Waals surface area contributed by atoms with E-state index in [0.717, 1.165) is 6.54 Å². The minimum Gasteiger partial charge on any atom is -0.354 e. The fraction of sp³-hybridized carbons (Fsp3) is 0.455. The summed E-state index contributed by atoms with van der Waals surface area (Å²) in [5, 5.41) is 3.00. The number of nitrogens with one attached hydrogen (secondary N) is 1. The van der Waals surface area contributed by atoms with Crippen LogP contribution < -0.4 is 5.32 Å². The van der Waals surface area contributed by atoms with Gasteiger partial charge in [-0.05, 0) is 12.6 Å². The van der Waals surface area contributed by atoms with Crippen molar-refractivity contribution in [1.29, 1.82) is 0 Å². The van der Waals surface area contributed by atoms with Crippen LogP contribution in [0.3, 0.4) is 0 Å². The van der Waals surface area contributed by atoms with E-state index in [1.54, 1.807) is 0 Å². The van der Waals surface area contributed by atoms with Gasteiger partial charge in [0.05, 0.1) is 13.2 Å². The lowest BCUT2D eigenvalue weighted by Crippen LogP contribution is -2.15. The summed E-state index contributed by atoms with van der Waals surface area (Å²) in [6.07, 6.45) is 0. The first-order valence-electron chi connectivity index (χ1n) is 4.77. The van der Waals surface area contributed by atoms with Crippen molar-refractivity contribution < 1.29 is 9.47 Å². The molecule has 0 fully saturated rings. The summed E-state index contributed by atoms with van der Waals surface area (Å²) < 4.78 is 10.5. The van der Waals surface area contributed by atoms with E-state index in [1.807, 2.05) is 37.4 Å². The highest BCUT2D eigenvalue weighted by Crippen LogP contribution is 1.99. The maximum absolute atomic E-state index is 5.32. The van der Waals surface area contributed by atoms with Crippen LogP contribution in [0.5, 0.6) is 0 Å². The Labute approximate surface area is 85.0 Å². The largest absolute Gasteiger partial charge is 0.354 e. The van der Waals surface area contributed by atoms with Gasteiger partial charge in [-0.2, -0.15) is 0 Å². The molecule has 0 spiro atoms. The summed E-state index contributed by atoms with van der Waals surface area (Å²) in [6, 6.07) is 10.1. The Morgan fingerprint density at radius 2 is 1.93 bits per heavy atom. The van der Waals surface area contributed by atoms with Crippen LogP contribution in [0, 0.1) is 0 Å². The Morgan fingerprint density at radius 3 is 2.64 bits per heavy atom. The molecule has 0 aliphatic heterocycles. The lowest BCUT2D eigenvalue weighted by Gasteiger charge is -2.05. The maximum atomic E-state index is 5.32. The van der Waals surface area contributed by atoms with Crippen molar-refractivity contribution in [1.82, 2.24) is 5.32 Å². The maximum Gasteiger partial charge on any atom is 0.147 e. The highest BCUT2D eigenvalue weighted by molar-refractivity contribution is 5.13. The summed E-state index contributed by atoms with van der Waals surface area (Å²) in [7, 11) is 1.90. The Balaban J connectivity index is 1.99. The van der Waals surface area contributed by atoms with Gasteiger partial charge < -0.3 is 14.8 Å². The average Bonchev–Trinajstić information content (AvgIpc) is 2.25. The highest BCUT2D eigenvalue weighted by Gasteiger charge is 1.91. The molecule has 0 heterocycles. The zero-order valence-corrected chi connectivity index (χ0v) is 8.53. The molecule has 0 unspecified atom stereocenters. The molecule has 1 aromatic carbocycles. The van der Waals surface area contributed by atoms with E-state index in [4.69, 9.17) is 9.47 Å². The zero-order valence-electron chi connectivity index (χ0n) is 8.53. The zero-order chi connectivity index (χ0) is 10.1. The Hall–Kier alpha value is -0.900. The van der Waals surface area contributed by atoms with Crippen LogP contribution in [0.15, 0.2) is 30.3 Å². The number of ether oxygens (including phenoxy) is 2. The van der Waals surface area contributed by atoms with E-state index in [-0.39, 0.29) is 0 Å². The number of rotatable bonds is 7. The molecule has 0 aliphatic rings. The van der Waals surface area contributed by atoms with E-state index >= 15 is 0 Å². The van der Waals surface area contributed by atoms with Gasteiger partial charge in [0.2, 0.25) is 0 Å². The highest BCUT2D eigenvalue weighted by atomic mass is 16.7. The van der Waals surface area contributed by atoms with E-state index in [9.17, 15) is 0 Å². The van der Waals surface area contributed by atoms with E-state index < -0.39 is 0 Å². The molecular formula is C11H17NO2. The minimum absolute atomic E-state index is 0.358. The first-order chi connectivity index (χ1) is 6.93. The monoisotopic (exact) mass is 195 g/mol. The van der Waals surface area contributed by atoms with Gasteiger partial charge in [0.25, 0.3) is 0 Å². The third kappa shape index (κ3) is 4.97. The second-order valence-electron chi connectivity index (χ2n) is 2.96. The smallest absolute Gasteiger partial charge is 0.147 e. The predicted molar refractivity (Wildman–Crippen MR) is 56.0 cm³/mol. The first-order valence-corrected chi connectivity index (χ1v) is 4.77. The third-order valence-corrected chi connectivity index (χ3v) is 1.77. The second kappa shape index (κ2) is 7.50. The van der Waals surface area contributed by atoms with Crippen LogP contribution in [0.1, 0.15) is 5.56 Å². The van der Waals surface area contributed by atoms with Gasteiger partial charge in [0, 0.05) is 6.54 Å². The summed E-state index contributed by atoms with van der Waals surface area (Å²) in [6.45, 7) is 2.51. The van der Waals surface area contributed by atoms with Crippen LogP contribution in [0.25, 0.3) is 0 Å². The first kappa shape index (κ1) is 11.2. The van der Waals surface area contributed by atoms with Gasteiger partial charge in [-0.3, -0.25) is 0 Å². The topological polar surface area (TPSA) is 30.5 Å². The molecule has 0 bridgehead atoms. The van der Waals surface area contributed by atoms with Gasteiger partial charge in [-0.15, -0.1) is 0 Å². The molecule has 3 nitrogen and oxygen atoms in total. The molecule has 1 N–H and O–H groups in total. The van der Waals surface area contributed by atoms with Crippen LogP contribution in [-0.2, 0) is 16.1 Å². The molecule has 0 saturated heterocycles. The normalized spacial score (nSPS) is 10.4. The molecule has 0 amide bonds. The van der Waals surface area contributed by atoms with Crippen LogP contribution >= 0.6 is 0 Å². The van der Waals surface area contributed by atoms with Crippen molar-refractivity contribution in [2.75, 3.05) is 27.0 Å². The summed E-state index contributed by atoms with van der Waals surface area (Å²) in [5.41, 5.74) is 1.17. The van der Waals surface area contributed by atoms with Gasteiger partial charge in [-0.25, -0.2) is 0 Å². The van der Waals surface area contributed by atoms with Crippen molar-refractivity contribution >= 4 is 0 Å². The molecule has 0 aliphatic carbocycles. The van der Waals surface area contributed by atoms with Crippen LogP contribution in [0.2, 0.25) is 0 Å². The molecular weight excluding hydrogens is 178 g/mol. The number of hydrogen-bond donors (Lipinski definition) is 1. The average molecular weight is 195 g/mol. The fourth-order valence-electron chi connectivity index (χ4n) is 1.03. The third-order valence-electron chi connectivity index (χ3n) is 1.77. The number of benzene rings is 1. The lowest BCUT2D eigenvalue weighted by molar-refractivity contribution is -0.0599. The van der Waals surface area contributed by atoms with E-state index in [2.05, 4.69) is 5.32 Å².